The van der Waals surface area contributed by atoms with Crippen LogP contribution < -0.4 is 10.5 Å². The summed E-state index contributed by atoms with van der Waals surface area (Å²) in [5.41, 5.74) is 10.2. The molecule has 1 unspecified atom stereocenters. The van der Waals surface area contributed by atoms with Crippen molar-refractivity contribution in [3.05, 3.63) is 52.8 Å². The molecule has 1 aromatic heterocycles. The molecule has 2 aromatic rings. The monoisotopic (exact) mass is 269 g/mol. The van der Waals surface area contributed by atoms with Crippen LogP contribution in [0.25, 0.3) is 0 Å². The smallest absolute Gasteiger partial charge is 0.120 e. The maximum atomic E-state index is 6.38. The van der Waals surface area contributed by atoms with Crippen molar-refractivity contribution in [2.75, 3.05) is 0 Å². The van der Waals surface area contributed by atoms with Crippen LogP contribution in [0, 0.1) is 13.8 Å². The third-order valence-corrected chi connectivity index (χ3v) is 3.52. The molecule has 3 rings (SSSR count). The molecule has 0 spiro atoms. The van der Waals surface area contributed by atoms with Crippen LogP contribution in [0.4, 0.5) is 0 Å². The predicted molar refractivity (Wildman–Crippen MR) is 77.6 cm³/mol. The summed E-state index contributed by atoms with van der Waals surface area (Å²) in [6, 6.07) is 9.83. The first-order valence-electron chi connectivity index (χ1n) is 6.96. The van der Waals surface area contributed by atoms with Gasteiger partial charge in [0.25, 0.3) is 0 Å². The van der Waals surface area contributed by atoms with Crippen LogP contribution in [0.15, 0.2) is 30.3 Å². The fourth-order valence-electron chi connectivity index (χ4n) is 2.22. The second kappa shape index (κ2) is 5.21. The highest BCUT2D eigenvalue weighted by molar-refractivity contribution is 5.38. The molecule has 4 heteroatoms. The van der Waals surface area contributed by atoms with E-state index in [0.29, 0.717) is 6.10 Å². The minimum Gasteiger partial charge on any atom is -0.490 e. The van der Waals surface area contributed by atoms with Crippen molar-refractivity contribution in [3.63, 3.8) is 0 Å². The van der Waals surface area contributed by atoms with E-state index in [9.17, 15) is 0 Å². The number of nitrogens with zero attached hydrogens (tertiary/aromatic N) is 2. The number of nitrogens with two attached hydrogens (primary N) is 1. The van der Waals surface area contributed by atoms with Gasteiger partial charge in [-0.05, 0) is 56.0 Å². The van der Waals surface area contributed by atoms with Gasteiger partial charge in [0.15, 0.2) is 0 Å². The number of benzene rings is 1. The van der Waals surface area contributed by atoms with Gasteiger partial charge in [-0.1, -0.05) is 12.1 Å². The van der Waals surface area contributed by atoms with Gasteiger partial charge in [-0.3, -0.25) is 0 Å². The van der Waals surface area contributed by atoms with Crippen LogP contribution in [-0.2, 0) is 0 Å². The van der Waals surface area contributed by atoms with Gasteiger partial charge in [0.1, 0.15) is 5.75 Å². The first-order chi connectivity index (χ1) is 9.63. The molecule has 0 radical (unpaired) electrons. The van der Waals surface area contributed by atoms with E-state index >= 15 is 0 Å². The molecule has 1 saturated carbocycles. The minimum absolute atomic E-state index is 0.202. The molecule has 1 aliphatic rings. The zero-order valence-corrected chi connectivity index (χ0v) is 11.8. The van der Waals surface area contributed by atoms with E-state index in [1.807, 2.05) is 44.2 Å². The van der Waals surface area contributed by atoms with Gasteiger partial charge in [0.2, 0.25) is 0 Å². The van der Waals surface area contributed by atoms with Crippen LogP contribution >= 0.6 is 0 Å². The number of aryl methyl sites for hydroxylation is 2. The second-order valence-corrected chi connectivity index (χ2v) is 5.39. The Hall–Kier alpha value is -1.94. The highest BCUT2D eigenvalue weighted by Gasteiger charge is 2.23. The molecule has 0 saturated heterocycles. The first kappa shape index (κ1) is 13.1. The quantitative estimate of drug-likeness (QED) is 0.927. The van der Waals surface area contributed by atoms with E-state index in [1.54, 1.807) is 0 Å². The fraction of sp³-hybridized carbons (Fsp3) is 0.375. The van der Waals surface area contributed by atoms with Crippen LogP contribution in [0.3, 0.4) is 0 Å². The summed E-state index contributed by atoms with van der Waals surface area (Å²) >= 11 is 0. The predicted octanol–water partition coefficient (Wildman–Crippen LogP) is 2.68. The molecule has 4 nitrogen and oxygen atoms in total. The van der Waals surface area contributed by atoms with Gasteiger partial charge in [-0.25, -0.2) is 0 Å². The molecule has 104 valence electrons. The third-order valence-electron chi connectivity index (χ3n) is 3.52. The molecule has 20 heavy (non-hydrogen) atoms. The van der Waals surface area contributed by atoms with Gasteiger partial charge in [-0.15, -0.1) is 0 Å². The van der Waals surface area contributed by atoms with E-state index in [-0.39, 0.29) is 6.04 Å². The summed E-state index contributed by atoms with van der Waals surface area (Å²) in [6.07, 6.45) is 2.71. The van der Waals surface area contributed by atoms with Crippen molar-refractivity contribution in [3.8, 4) is 5.75 Å². The minimum atomic E-state index is -0.202. The molecule has 1 fully saturated rings. The lowest BCUT2D eigenvalue weighted by atomic mass is 9.98. The Labute approximate surface area is 119 Å². The Kier molecular flexibility index (Phi) is 3.40. The lowest BCUT2D eigenvalue weighted by Crippen LogP contribution is -2.15. The second-order valence-electron chi connectivity index (χ2n) is 5.39. The zero-order valence-electron chi connectivity index (χ0n) is 11.8. The third kappa shape index (κ3) is 2.80. The van der Waals surface area contributed by atoms with Crippen molar-refractivity contribution >= 4 is 0 Å². The van der Waals surface area contributed by atoms with Gasteiger partial charge in [0, 0.05) is 0 Å². The Morgan fingerprint density at radius 3 is 2.75 bits per heavy atom. The van der Waals surface area contributed by atoms with E-state index in [2.05, 4.69) is 10.2 Å². The Balaban J connectivity index is 1.88. The molecule has 2 N–H and O–H groups in total. The Morgan fingerprint density at radius 2 is 2.00 bits per heavy atom. The highest BCUT2D eigenvalue weighted by atomic mass is 16.5. The molecular weight excluding hydrogens is 250 g/mol. The lowest BCUT2D eigenvalue weighted by Gasteiger charge is -2.16. The standard InChI is InChI=1S/C16H19N3O/c1-10-8-15(11(2)19-18-10)16(17)12-4-3-5-14(9-12)20-13-6-7-13/h3-5,8-9,13,16H,6-7,17H2,1-2H3. The van der Waals surface area contributed by atoms with Crippen LogP contribution in [0.1, 0.15) is 41.4 Å². The van der Waals surface area contributed by atoms with Crippen LogP contribution in [0.2, 0.25) is 0 Å². The summed E-state index contributed by atoms with van der Waals surface area (Å²) in [5.74, 6) is 0.900. The summed E-state index contributed by atoms with van der Waals surface area (Å²) in [7, 11) is 0. The van der Waals surface area contributed by atoms with Crippen LogP contribution in [0.5, 0.6) is 5.75 Å². The molecule has 1 atom stereocenters. The maximum absolute atomic E-state index is 6.38. The van der Waals surface area contributed by atoms with Crippen molar-refractivity contribution in [2.45, 2.75) is 38.8 Å². The molecule has 1 heterocycles. The number of hydrogen-bond donors (Lipinski definition) is 1. The fourth-order valence-corrected chi connectivity index (χ4v) is 2.22. The van der Waals surface area contributed by atoms with Crippen LogP contribution in [-0.4, -0.2) is 16.3 Å². The lowest BCUT2D eigenvalue weighted by molar-refractivity contribution is 0.303. The molecule has 1 aliphatic carbocycles. The van der Waals surface area contributed by atoms with E-state index < -0.39 is 0 Å². The van der Waals surface area contributed by atoms with Crippen molar-refractivity contribution in [1.82, 2.24) is 10.2 Å². The van der Waals surface area contributed by atoms with Gasteiger partial charge < -0.3 is 10.5 Å². The van der Waals surface area contributed by atoms with Crippen molar-refractivity contribution in [1.29, 1.82) is 0 Å². The largest absolute Gasteiger partial charge is 0.490 e. The van der Waals surface area contributed by atoms with E-state index in [0.717, 1.165) is 41.1 Å². The van der Waals surface area contributed by atoms with Gasteiger partial charge in [-0.2, -0.15) is 10.2 Å². The molecule has 0 amide bonds. The summed E-state index contributed by atoms with van der Waals surface area (Å²) in [5, 5.41) is 8.20. The van der Waals surface area contributed by atoms with Gasteiger partial charge >= 0.3 is 0 Å². The van der Waals surface area contributed by atoms with E-state index in [1.165, 1.54) is 0 Å². The molecule has 0 aliphatic heterocycles. The van der Waals surface area contributed by atoms with E-state index in [4.69, 9.17) is 10.5 Å². The summed E-state index contributed by atoms with van der Waals surface area (Å²) < 4.78 is 5.82. The number of rotatable bonds is 4. The topological polar surface area (TPSA) is 61.0 Å². The summed E-state index contributed by atoms with van der Waals surface area (Å²) in [4.78, 5) is 0. The summed E-state index contributed by atoms with van der Waals surface area (Å²) in [6.45, 7) is 3.86. The highest BCUT2D eigenvalue weighted by Crippen LogP contribution is 2.29. The number of ether oxygens (including phenoxy) is 1. The van der Waals surface area contributed by atoms with Gasteiger partial charge in [0.05, 0.1) is 23.5 Å². The zero-order chi connectivity index (χ0) is 14.1. The normalized spacial score (nSPS) is 15.9. The molecular formula is C16H19N3O. The molecule has 1 aromatic carbocycles. The average molecular weight is 269 g/mol. The Morgan fingerprint density at radius 1 is 1.20 bits per heavy atom. The average Bonchev–Trinajstić information content (AvgIpc) is 3.25. The van der Waals surface area contributed by atoms with Crippen molar-refractivity contribution < 1.29 is 4.74 Å². The number of aromatic nitrogens is 2. The first-order valence-corrected chi connectivity index (χ1v) is 6.96. The van der Waals surface area contributed by atoms with Crippen molar-refractivity contribution in [2.24, 2.45) is 5.73 Å². The maximum Gasteiger partial charge on any atom is 0.120 e. The number of hydrogen-bond acceptors (Lipinski definition) is 4. The Bertz CT molecular complexity index is 623. The SMILES string of the molecule is Cc1cc(C(N)c2cccc(OC3CC3)c2)c(C)nn1. The molecule has 0 bridgehead atoms.